The number of amides is 2. The first-order valence-corrected chi connectivity index (χ1v) is 6.31. The number of piperidine rings is 1. The molecule has 2 amide bonds. The molecule has 2 rings (SSSR count). The number of anilines is 1. The molecule has 0 bridgehead atoms. The Morgan fingerprint density at radius 1 is 1.42 bits per heavy atom. The minimum Gasteiger partial charge on any atom is -0.394 e. The van der Waals surface area contributed by atoms with Crippen molar-refractivity contribution in [2.75, 3.05) is 18.5 Å². The van der Waals surface area contributed by atoms with Gasteiger partial charge in [0.15, 0.2) is 5.75 Å². The van der Waals surface area contributed by atoms with Gasteiger partial charge in [0, 0.05) is 16.8 Å². The van der Waals surface area contributed by atoms with Crippen molar-refractivity contribution in [3.8, 4) is 5.75 Å². The molecule has 1 aromatic carbocycles. The third-order valence-electron chi connectivity index (χ3n) is 3.29. The van der Waals surface area contributed by atoms with Crippen LogP contribution in [0.5, 0.6) is 5.75 Å². The highest BCUT2D eigenvalue weighted by atomic mass is 19.3. The molecule has 0 saturated carbocycles. The number of nitrogens with one attached hydrogen (secondary N) is 1. The van der Waals surface area contributed by atoms with Crippen LogP contribution >= 0.6 is 0 Å². The summed E-state index contributed by atoms with van der Waals surface area (Å²) in [6, 6.07) is 5.61. The number of likely N-dealkylation sites (tertiary alicyclic amines) is 1. The zero-order valence-electron chi connectivity index (χ0n) is 10.5. The van der Waals surface area contributed by atoms with Gasteiger partial charge in [-0.15, -0.1) is 0 Å². The lowest BCUT2D eigenvalue weighted by Crippen LogP contribution is -2.47. The summed E-state index contributed by atoms with van der Waals surface area (Å²) in [6.45, 7) is 0.616. The highest BCUT2D eigenvalue weighted by Crippen LogP contribution is 2.20. The minimum absolute atomic E-state index is 0.0257. The Morgan fingerprint density at radius 3 is 2.79 bits per heavy atom. The zero-order valence-corrected chi connectivity index (χ0v) is 10.5. The third kappa shape index (κ3) is 3.35. The lowest BCUT2D eigenvalue weighted by Gasteiger charge is -2.34. The van der Waals surface area contributed by atoms with Gasteiger partial charge in [0.2, 0.25) is 0 Å². The molecular formula is C13H17FN2O3. The Morgan fingerprint density at radius 2 is 2.16 bits per heavy atom. The van der Waals surface area contributed by atoms with Gasteiger partial charge in [-0.25, -0.2) is 4.79 Å². The van der Waals surface area contributed by atoms with E-state index in [1.165, 1.54) is 12.1 Å². The maximum Gasteiger partial charge on any atom is 0.322 e. The van der Waals surface area contributed by atoms with E-state index in [0.717, 1.165) is 19.3 Å². The summed E-state index contributed by atoms with van der Waals surface area (Å²) in [7, 11) is 0. The van der Waals surface area contributed by atoms with E-state index in [1.54, 1.807) is 17.0 Å². The van der Waals surface area contributed by atoms with Gasteiger partial charge < -0.3 is 15.3 Å². The Bertz CT molecular complexity index is 424. The monoisotopic (exact) mass is 268 g/mol. The number of halogens is 1. The van der Waals surface area contributed by atoms with Crippen molar-refractivity contribution >= 4 is 11.7 Å². The molecule has 0 radical (unpaired) electrons. The molecule has 0 aliphatic carbocycles. The van der Waals surface area contributed by atoms with Crippen molar-refractivity contribution in [1.82, 2.24) is 4.90 Å². The summed E-state index contributed by atoms with van der Waals surface area (Å²) in [5, 5.41) is 12.0. The van der Waals surface area contributed by atoms with Crippen LogP contribution in [0.15, 0.2) is 24.3 Å². The largest absolute Gasteiger partial charge is 0.394 e. The van der Waals surface area contributed by atoms with Crippen LogP contribution in [0.3, 0.4) is 0 Å². The van der Waals surface area contributed by atoms with Gasteiger partial charge in [0.05, 0.1) is 12.6 Å². The number of nitrogens with zero attached hydrogens (tertiary/aromatic N) is 1. The van der Waals surface area contributed by atoms with Gasteiger partial charge in [0.1, 0.15) is 0 Å². The molecule has 1 heterocycles. The summed E-state index contributed by atoms with van der Waals surface area (Å²) in [5.74, 6) is 0.0872. The maximum atomic E-state index is 12.1. The second kappa shape index (κ2) is 6.38. The van der Waals surface area contributed by atoms with E-state index in [-0.39, 0.29) is 24.4 Å². The van der Waals surface area contributed by atoms with Gasteiger partial charge in [-0.05, 0) is 43.5 Å². The number of carbonyl (C=O) groups is 1. The highest BCUT2D eigenvalue weighted by molar-refractivity contribution is 5.89. The molecule has 0 aromatic heterocycles. The van der Waals surface area contributed by atoms with Crippen molar-refractivity contribution in [3.05, 3.63) is 24.3 Å². The molecule has 1 atom stereocenters. The van der Waals surface area contributed by atoms with Crippen LogP contribution in [0.25, 0.3) is 0 Å². The smallest absolute Gasteiger partial charge is 0.322 e. The fourth-order valence-electron chi connectivity index (χ4n) is 2.24. The lowest BCUT2D eigenvalue weighted by atomic mass is 10.0. The number of hydrogen-bond donors (Lipinski definition) is 2. The van der Waals surface area contributed by atoms with Crippen LogP contribution in [0.4, 0.5) is 15.0 Å². The average Bonchev–Trinajstić information content (AvgIpc) is 2.48. The van der Waals surface area contributed by atoms with E-state index in [1.807, 2.05) is 0 Å². The van der Waals surface area contributed by atoms with Crippen LogP contribution in [0, 0.1) is 0 Å². The van der Waals surface area contributed by atoms with E-state index in [0.29, 0.717) is 12.2 Å². The number of benzene rings is 1. The molecule has 1 fully saturated rings. The average molecular weight is 268 g/mol. The molecule has 1 aliphatic rings. The van der Waals surface area contributed by atoms with Crippen LogP contribution in [-0.4, -0.2) is 35.2 Å². The number of urea groups is 1. The van der Waals surface area contributed by atoms with Crippen molar-refractivity contribution in [3.63, 3.8) is 0 Å². The van der Waals surface area contributed by atoms with Crippen molar-refractivity contribution in [2.24, 2.45) is 0 Å². The zero-order chi connectivity index (χ0) is 13.7. The standard InChI is InChI=1S/C13H17FN2O3/c14-19-12-6-4-10(5-7-12)15-13(18)16-8-2-1-3-11(16)9-17/h4-7,11,17H,1-3,8-9H2,(H,15,18). The van der Waals surface area contributed by atoms with Crippen LogP contribution in [-0.2, 0) is 0 Å². The summed E-state index contributed by atoms with van der Waals surface area (Å²) in [4.78, 5) is 17.3. The molecule has 0 spiro atoms. The van der Waals surface area contributed by atoms with E-state index in [9.17, 15) is 14.4 Å². The number of aliphatic hydroxyl groups is 1. The number of rotatable bonds is 3. The van der Waals surface area contributed by atoms with Gasteiger partial charge in [-0.1, -0.05) is 0 Å². The molecule has 6 heteroatoms. The molecule has 2 N–H and O–H groups in total. The number of hydrogen-bond acceptors (Lipinski definition) is 3. The van der Waals surface area contributed by atoms with E-state index < -0.39 is 0 Å². The Kier molecular flexibility index (Phi) is 4.57. The molecular weight excluding hydrogens is 251 g/mol. The fourth-order valence-corrected chi connectivity index (χ4v) is 2.24. The molecule has 1 saturated heterocycles. The van der Waals surface area contributed by atoms with Crippen molar-refractivity contribution in [1.29, 1.82) is 0 Å². The second-order valence-electron chi connectivity index (χ2n) is 4.56. The van der Waals surface area contributed by atoms with E-state index in [4.69, 9.17) is 0 Å². The predicted octanol–water partition coefficient (Wildman–Crippen LogP) is 2.33. The van der Waals surface area contributed by atoms with E-state index >= 15 is 0 Å². The first kappa shape index (κ1) is 13.6. The van der Waals surface area contributed by atoms with Gasteiger partial charge in [0.25, 0.3) is 0 Å². The van der Waals surface area contributed by atoms with Crippen LogP contribution in [0.2, 0.25) is 0 Å². The first-order valence-electron chi connectivity index (χ1n) is 6.31. The Labute approximate surface area is 110 Å². The maximum absolute atomic E-state index is 12.1. The van der Waals surface area contributed by atoms with Gasteiger partial charge in [-0.2, -0.15) is 0 Å². The highest BCUT2D eigenvalue weighted by Gasteiger charge is 2.25. The predicted molar refractivity (Wildman–Crippen MR) is 68.6 cm³/mol. The SMILES string of the molecule is O=C(Nc1ccc(OF)cc1)N1CCCCC1CO. The summed E-state index contributed by atoms with van der Waals surface area (Å²) >= 11 is 0. The molecule has 1 aliphatic heterocycles. The molecule has 104 valence electrons. The lowest BCUT2D eigenvalue weighted by molar-refractivity contribution is -0.00618. The fraction of sp³-hybridized carbons (Fsp3) is 0.462. The second-order valence-corrected chi connectivity index (χ2v) is 4.56. The molecule has 5 nitrogen and oxygen atoms in total. The number of carbonyl (C=O) groups excluding carboxylic acids is 1. The van der Waals surface area contributed by atoms with Crippen molar-refractivity contribution in [2.45, 2.75) is 25.3 Å². The summed E-state index contributed by atoms with van der Waals surface area (Å²) in [6.07, 6.45) is 2.79. The normalized spacial score (nSPS) is 19.1. The summed E-state index contributed by atoms with van der Waals surface area (Å²) < 4.78 is 11.9. The summed E-state index contributed by atoms with van der Waals surface area (Å²) in [5.41, 5.74) is 0.563. The molecule has 1 unspecified atom stereocenters. The van der Waals surface area contributed by atoms with Crippen LogP contribution < -0.4 is 10.3 Å². The van der Waals surface area contributed by atoms with Crippen LogP contribution in [0.1, 0.15) is 19.3 Å². The first-order chi connectivity index (χ1) is 9.24. The Hall–Kier alpha value is -1.82. The van der Waals surface area contributed by atoms with Gasteiger partial charge >= 0.3 is 6.03 Å². The van der Waals surface area contributed by atoms with E-state index in [2.05, 4.69) is 10.3 Å². The molecule has 19 heavy (non-hydrogen) atoms. The van der Waals surface area contributed by atoms with Gasteiger partial charge in [-0.3, -0.25) is 4.94 Å². The van der Waals surface area contributed by atoms with Crippen molar-refractivity contribution < 1.29 is 19.4 Å². The third-order valence-corrected chi connectivity index (χ3v) is 3.29. The minimum atomic E-state index is -0.243. The number of aliphatic hydroxyl groups excluding tert-OH is 1. The topological polar surface area (TPSA) is 61.8 Å². The quantitative estimate of drug-likeness (QED) is 0.884. The molecule has 1 aromatic rings. The Balaban J connectivity index is 1.98.